The van der Waals surface area contributed by atoms with Crippen molar-refractivity contribution in [3.8, 4) is 0 Å². The number of sulfonamides is 1. The Bertz CT molecular complexity index is 1580. The molecule has 0 saturated heterocycles. The lowest BCUT2D eigenvalue weighted by Crippen LogP contribution is -2.53. The van der Waals surface area contributed by atoms with E-state index in [1.807, 2.05) is 6.92 Å². The van der Waals surface area contributed by atoms with Crippen LogP contribution in [0, 0.1) is 13.8 Å². The number of rotatable bonds is 10. The Morgan fingerprint density at radius 1 is 0.907 bits per heavy atom. The van der Waals surface area contributed by atoms with Crippen molar-refractivity contribution in [3.63, 3.8) is 0 Å². The van der Waals surface area contributed by atoms with Gasteiger partial charge in [-0.3, -0.25) is 13.9 Å². The molecule has 1 N–H and O–H groups in total. The van der Waals surface area contributed by atoms with Gasteiger partial charge in [-0.15, -0.1) is 0 Å². The summed E-state index contributed by atoms with van der Waals surface area (Å²) in [5, 5.41) is 4.21. The Balaban J connectivity index is 1.71. The molecule has 0 aromatic heterocycles. The van der Waals surface area contributed by atoms with Crippen LogP contribution in [0.15, 0.2) is 65.6 Å². The third kappa shape index (κ3) is 8.24. The highest BCUT2D eigenvalue weighted by Crippen LogP contribution is 2.30. The second kappa shape index (κ2) is 14.3. The van der Waals surface area contributed by atoms with Crippen molar-refractivity contribution in [2.24, 2.45) is 0 Å². The van der Waals surface area contributed by atoms with E-state index in [0.29, 0.717) is 31.9 Å². The molecule has 1 atom stereocenters. The van der Waals surface area contributed by atoms with Gasteiger partial charge in [0.05, 0.1) is 20.6 Å². The molecule has 0 heterocycles. The van der Waals surface area contributed by atoms with Gasteiger partial charge in [0.25, 0.3) is 10.0 Å². The van der Waals surface area contributed by atoms with Crippen molar-refractivity contribution in [1.82, 2.24) is 10.2 Å². The number of hydrogen-bond acceptors (Lipinski definition) is 4. The molecule has 43 heavy (non-hydrogen) atoms. The Hall–Kier alpha value is -2.78. The molecule has 1 aliphatic rings. The van der Waals surface area contributed by atoms with E-state index in [-0.39, 0.29) is 23.4 Å². The van der Waals surface area contributed by atoms with Crippen LogP contribution in [0.25, 0.3) is 0 Å². The first kappa shape index (κ1) is 33.1. The van der Waals surface area contributed by atoms with Gasteiger partial charge in [-0.25, -0.2) is 8.42 Å². The molecule has 0 unspecified atom stereocenters. The zero-order chi connectivity index (χ0) is 31.3. The number of carbonyl (C=O) groups excluding carboxylic acids is 2. The van der Waals surface area contributed by atoms with Gasteiger partial charge in [-0.05, 0) is 87.2 Å². The van der Waals surface area contributed by atoms with Gasteiger partial charge in [-0.1, -0.05) is 77.8 Å². The van der Waals surface area contributed by atoms with E-state index in [4.69, 9.17) is 34.8 Å². The molecule has 7 nitrogen and oxygen atoms in total. The third-order valence-corrected chi connectivity index (χ3v) is 10.5. The van der Waals surface area contributed by atoms with Crippen molar-refractivity contribution in [3.05, 3.63) is 92.4 Å². The first-order valence-electron chi connectivity index (χ1n) is 14.3. The van der Waals surface area contributed by atoms with Gasteiger partial charge < -0.3 is 10.2 Å². The normalized spacial score (nSPS) is 14.7. The summed E-state index contributed by atoms with van der Waals surface area (Å²) < 4.78 is 29.2. The fourth-order valence-electron chi connectivity index (χ4n) is 5.24. The van der Waals surface area contributed by atoms with Crippen molar-refractivity contribution in [2.75, 3.05) is 10.8 Å². The molecule has 1 saturated carbocycles. The standard InChI is InChI=1S/C32H36Cl3N3O4S/c1-21-9-13-27(14-10-21)43(41,42)38(30-16-12-25(33)17-22(30)2)20-31(39)37(19-24-11-15-28(34)29(35)18-24)23(3)32(40)36-26-7-5-4-6-8-26/h9-18,23,26H,4-8,19-20H2,1-3H3,(H,36,40)/t23-/m0/s1. The maximum absolute atomic E-state index is 14.2. The van der Waals surface area contributed by atoms with E-state index >= 15 is 0 Å². The smallest absolute Gasteiger partial charge is 0.264 e. The average Bonchev–Trinajstić information content (AvgIpc) is 2.97. The number of nitrogens with zero attached hydrogens (tertiary/aromatic N) is 2. The monoisotopic (exact) mass is 663 g/mol. The SMILES string of the molecule is Cc1ccc(S(=O)(=O)N(CC(=O)N(Cc2ccc(Cl)c(Cl)c2)[C@@H](C)C(=O)NC2CCCCC2)c2ccc(Cl)cc2C)cc1. The average molecular weight is 665 g/mol. The Labute approximate surface area is 269 Å². The molecular formula is C32H36Cl3N3O4S. The number of nitrogens with one attached hydrogen (secondary N) is 1. The van der Waals surface area contributed by atoms with Gasteiger partial charge in [0.15, 0.2) is 0 Å². The van der Waals surface area contributed by atoms with E-state index in [0.717, 1.165) is 42.0 Å². The van der Waals surface area contributed by atoms with Gasteiger partial charge in [0, 0.05) is 17.6 Å². The summed E-state index contributed by atoms with van der Waals surface area (Å²) >= 11 is 18.6. The van der Waals surface area contributed by atoms with Crippen molar-refractivity contribution < 1.29 is 18.0 Å². The molecule has 0 bridgehead atoms. The molecule has 3 aromatic carbocycles. The molecular weight excluding hydrogens is 629 g/mol. The first-order chi connectivity index (χ1) is 20.4. The zero-order valence-electron chi connectivity index (χ0n) is 24.4. The predicted octanol–water partition coefficient (Wildman–Crippen LogP) is 7.33. The summed E-state index contributed by atoms with van der Waals surface area (Å²) in [4.78, 5) is 29.1. The predicted molar refractivity (Wildman–Crippen MR) is 173 cm³/mol. The fraction of sp³-hybridized carbons (Fsp3) is 0.375. The van der Waals surface area contributed by atoms with E-state index in [1.165, 1.54) is 17.0 Å². The van der Waals surface area contributed by atoms with Crippen molar-refractivity contribution >= 4 is 62.3 Å². The minimum Gasteiger partial charge on any atom is -0.352 e. The second-order valence-electron chi connectivity index (χ2n) is 11.0. The van der Waals surface area contributed by atoms with Gasteiger partial charge in [-0.2, -0.15) is 0 Å². The molecule has 0 spiro atoms. The van der Waals surface area contributed by atoms with Gasteiger partial charge >= 0.3 is 0 Å². The van der Waals surface area contributed by atoms with Crippen LogP contribution in [0.2, 0.25) is 15.1 Å². The number of halogens is 3. The summed E-state index contributed by atoms with van der Waals surface area (Å²) in [6, 6.07) is 15.4. The minimum atomic E-state index is -4.19. The lowest BCUT2D eigenvalue weighted by molar-refractivity contribution is -0.139. The number of carbonyl (C=O) groups is 2. The molecule has 11 heteroatoms. The number of hydrogen-bond donors (Lipinski definition) is 1. The summed E-state index contributed by atoms with van der Waals surface area (Å²) in [6.45, 7) is 4.73. The van der Waals surface area contributed by atoms with Crippen molar-refractivity contribution in [2.45, 2.75) is 76.4 Å². The van der Waals surface area contributed by atoms with Crippen LogP contribution in [0.3, 0.4) is 0 Å². The Morgan fingerprint density at radius 3 is 2.21 bits per heavy atom. The lowest BCUT2D eigenvalue weighted by Gasteiger charge is -2.33. The first-order valence-corrected chi connectivity index (χ1v) is 16.8. The van der Waals surface area contributed by atoms with E-state index in [2.05, 4.69) is 5.32 Å². The molecule has 0 radical (unpaired) electrons. The number of anilines is 1. The van der Waals surface area contributed by atoms with E-state index < -0.39 is 28.5 Å². The van der Waals surface area contributed by atoms with Crippen LogP contribution in [0.1, 0.15) is 55.7 Å². The fourth-order valence-corrected chi connectivity index (χ4v) is 7.26. The second-order valence-corrected chi connectivity index (χ2v) is 14.2. The third-order valence-electron chi connectivity index (χ3n) is 7.77. The topological polar surface area (TPSA) is 86.8 Å². The summed E-state index contributed by atoms with van der Waals surface area (Å²) in [5.74, 6) is -0.849. The van der Waals surface area contributed by atoms with Gasteiger partial charge in [0.1, 0.15) is 12.6 Å². The molecule has 4 rings (SSSR count). The number of aryl methyl sites for hydroxylation is 2. The molecule has 3 aromatic rings. The van der Waals surface area contributed by atoms with Crippen LogP contribution in [-0.4, -0.2) is 43.8 Å². The van der Waals surface area contributed by atoms with Crippen LogP contribution >= 0.6 is 34.8 Å². The lowest BCUT2D eigenvalue weighted by atomic mass is 9.95. The summed E-state index contributed by atoms with van der Waals surface area (Å²) in [6.07, 6.45) is 4.99. The maximum atomic E-state index is 14.2. The van der Waals surface area contributed by atoms with Crippen LogP contribution in [-0.2, 0) is 26.2 Å². The van der Waals surface area contributed by atoms with Crippen LogP contribution in [0.5, 0.6) is 0 Å². The summed E-state index contributed by atoms with van der Waals surface area (Å²) in [7, 11) is -4.19. The van der Waals surface area contributed by atoms with Crippen molar-refractivity contribution in [1.29, 1.82) is 0 Å². The highest BCUT2D eigenvalue weighted by atomic mass is 35.5. The molecule has 0 aliphatic heterocycles. The molecule has 2 amide bonds. The molecule has 230 valence electrons. The Kier molecular flexibility index (Phi) is 11.0. The zero-order valence-corrected chi connectivity index (χ0v) is 27.5. The van der Waals surface area contributed by atoms with Crippen LogP contribution in [0.4, 0.5) is 5.69 Å². The highest BCUT2D eigenvalue weighted by molar-refractivity contribution is 7.92. The van der Waals surface area contributed by atoms with Gasteiger partial charge in [0.2, 0.25) is 11.8 Å². The quantitative estimate of drug-likeness (QED) is 0.246. The Morgan fingerprint density at radius 2 is 1.58 bits per heavy atom. The highest BCUT2D eigenvalue weighted by Gasteiger charge is 2.34. The number of benzene rings is 3. The largest absolute Gasteiger partial charge is 0.352 e. The minimum absolute atomic E-state index is 0.0208. The maximum Gasteiger partial charge on any atom is 0.264 e. The van der Waals surface area contributed by atoms with Crippen LogP contribution < -0.4 is 9.62 Å². The summed E-state index contributed by atoms with van der Waals surface area (Å²) in [5.41, 5.74) is 2.44. The van der Waals surface area contributed by atoms with E-state index in [1.54, 1.807) is 62.4 Å². The number of amides is 2. The molecule has 1 aliphatic carbocycles. The van der Waals surface area contributed by atoms with E-state index in [9.17, 15) is 18.0 Å². The molecule has 1 fully saturated rings.